The van der Waals surface area contributed by atoms with Crippen molar-refractivity contribution in [1.29, 1.82) is 0 Å². The van der Waals surface area contributed by atoms with Crippen molar-refractivity contribution in [3.63, 3.8) is 0 Å². The summed E-state index contributed by atoms with van der Waals surface area (Å²) in [5, 5.41) is 1.35. The number of nitrogens with zero attached hydrogens (tertiary/aromatic N) is 1. The van der Waals surface area contributed by atoms with Gasteiger partial charge >= 0.3 is 0 Å². The van der Waals surface area contributed by atoms with E-state index in [1.165, 1.54) is 18.4 Å². The van der Waals surface area contributed by atoms with Gasteiger partial charge in [0.1, 0.15) is 5.15 Å². The number of aromatic nitrogens is 1. The Hall–Kier alpha value is -0.270. The van der Waals surface area contributed by atoms with Gasteiger partial charge in [-0.2, -0.15) is 0 Å². The van der Waals surface area contributed by atoms with E-state index in [2.05, 4.69) is 4.98 Å². The maximum Gasteiger partial charge on any atom is 0.129 e. The molecule has 0 saturated heterocycles. The Morgan fingerprint density at radius 3 is 2.67 bits per heavy atom. The molecule has 12 heavy (non-hydrogen) atoms. The summed E-state index contributed by atoms with van der Waals surface area (Å²) < 4.78 is 0. The minimum absolute atomic E-state index is 0.554. The van der Waals surface area contributed by atoms with Crippen LogP contribution in [0.25, 0.3) is 0 Å². The maximum atomic E-state index is 6.08. The van der Waals surface area contributed by atoms with Gasteiger partial charge in [-0.05, 0) is 37.3 Å². The second-order valence-corrected chi connectivity index (χ2v) is 3.97. The third-order valence-corrected chi connectivity index (χ3v) is 2.82. The predicted molar refractivity (Wildman–Crippen MR) is 51.0 cm³/mol. The minimum Gasteiger partial charge on any atom is -0.240 e. The van der Waals surface area contributed by atoms with E-state index in [1.54, 1.807) is 0 Å². The summed E-state index contributed by atoms with van der Waals surface area (Å²) in [6.07, 6.45) is 2.47. The molecule has 0 atom stereocenters. The van der Waals surface area contributed by atoms with Crippen molar-refractivity contribution in [2.75, 3.05) is 0 Å². The van der Waals surface area contributed by atoms with Crippen molar-refractivity contribution in [2.24, 2.45) is 0 Å². The predicted octanol–water partition coefficient (Wildman–Crippen LogP) is 3.57. The van der Waals surface area contributed by atoms with Crippen molar-refractivity contribution in [3.05, 3.63) is 27.5 Å². The number of hydrogen-bond acceptors (Lipinski definition) is 1. The summed E-state index contributed by atoms with van der Waals surface area (Å²) in [6, 6.07) is 1.88. The molecule has 0 radical (unpaired) electrons. The Morgan fingerprint density at radius 1 is 1.42 bits per heavy atom. The number of hydrogen-bond donors (Lipinski definition) is 0. The molecule has 0 N–H and O–H groups in total. The van der Waals surface area contributed by atoms with E-state index >= 15 is 0 Å². The standard InChI is InChI=1S/C9H9Cl2N/c1-5-9(11)7(6-2-3-6)4-8(10)12-5/h4,6H,2-3H2,1H3. The molecule has 3 heteroatoms. The van der Waals surface area contributed by atoms with Crippen molar-refractivity contribution < 1.29 is 0 Å². The maximum absolute atomic E-state index is 6.08. The summed E-state index contributed by atoms with van der Waals surface area (Å²) in [7, 11) is 0. The number of rotatable bonds is 1. The second-order valence-electron chi connectivity index (χ2n) is 3.21. The highest BCUT2D eigenvalue weighted by atomic mass is 35.5. The van der Waals surface area contributed by atoms with Gasteiger partial charge in [-0.15, -0.1) is 0 Å². The molecular weight excluding hydrogens is 193 g/mol. The highest BCUT2D eigenvalue weighted by molar-refractivity contribution is 6.33. The van der Waals surface area contributed by atoms with E-state index in [4.69, 9.17) is 23.2 Å². The fraction of sp³-hybridized carbons (Fsp3) is 0.444. The molecule has 1 aliphatic carbocycles. The Morgan fingerprint density at radius 2 is 2.08 bits per heavy atom. The Labute approximate surface area is 81.7 Å². The first kappa shape index (κ1) is 8.33. The minimum atomic E-state index is 0.554. The highest BCUT2D eigenvalue weighted by Gasteiger charge is 2.26. The molecule has 1 fully saturated rings. The fourth-order valence-electron chi connectivity index (χ4n) is 1.33. The Balaban J connectivity index is 2.51. The van der Waals surface area contributed by atoms with Gasteiger partial charge in [-0.3, -0.25) is 0 Å². The molecule has 0 aromatic carbocycles. The normalized spacial score (nSPS) is 16.6. The van der Waals surface area contributed by atoms with Crippen LogP contribution in [0, 0.1) is 6.92 Å². The van der Waals surface area contributed by atoms with Gasteiger partial charge in [0.2, 0.25) is 0 Å². The Kier molecular flexibility index (Phi) is 2.01. The van der Waals surface area contributed by atoms with E-state index in [1.807, 2.05) is 13.0 Å². The molecule has 0 aliphatic heterocycles. The summed E-state index contributed by atoms with van der Waals surface area (Å²) in [4.78, 5) is 4.08. The third-order valence-electron chi connectivity index (χ3n) is 2.14. The molecule has 1 nitrogen and oxygen atoms in total. The first-order chi connectivity index (χ1) is 5.68. The van der Waals surface area contributed by atoms with E-state index < -0.39 is 0 Å². The lowest BCUT2D eigenvalue weighted by atomic mass is 10.1. The average Bonchev–Trinajstić information content (AvgIpc) is 2.79. The van der Waals surface area contributed by atoms with E-state index in [-0.39, 0.29) is 0 Å². The van der Waals surface area contributed by atoms with Gasteiger partial charge in [0.25, 0.3) is 0 Å². The first-order valence-corrected chi connectivity index (χ1v) is 4.76. The zero-order chi connectivity index (χ0) is 8.72. The molecule has 64 valence electrons. The first-order valence-electron chi connectivity index (χ1n) is 4.01. The summed E-state index contributed by atoms with van der Waals surface area (Å²) in [6.45, 7) is 1.89. The number of pyridine rings is 1. The average molecular weight is 202 g/mol. The van der Waals surface area contributed by atoms with Crippen LogP contribution >= 0.6 is 23.2 Å². The topological polar surface area (TPSA) is 12.9 Å². The zero-order valence-corrected chi connectivity index (χ0v) is 8.28. The largest absolute Gasteiger partial charge is 0.240 e. The number of aryl methyl sites for hydroxylation is 1. The van der Waals surface area contributed by atoms with Gasteiger partial charge in [0, 0.05) is 0 Å². The van der Waals surface area contributed by atoms with Crippen molar-refractivity contribution in [2.45, 2.75) is 25.7 Å². The second kappa shape index (κ2) is 2.90. The van der Waals surface area contributed by atoms with Crippen LogP contribution in [0.2, 0.25) is 10.2 Å². The highest BCUT2D eigenvalue weighted by Crippen LogP contribution is 2.44. The van der Waals surface area contributed by atoms with E-state index in [0.29, 0.717) is 11.1 Å². The van der Waals surface area contributed by atoms with E-state index in [9.17, 15) is 0 Å². The molecule has 2 rings (SSSR count). The Bertz CT molecular complexity index is 319. The van der Waals surface area contributed by atoms with Gasteiger partial charge < -0.3 is 0 Å². The molecule has 0 amide bonds. The van der Waals surface area contributed by atoms with Crippen LogP contribution in [-0.2, 0) is 0 Å². The number of halogens is 2. The monoisotopic (exact) mass is 201 g/mol. The van der Waals surface area contributed by atoms with Gasteiger partial charge in [-0.25, -0.2) is 4.98 Å². The van der Waals surface area contributed by atoms with Gasteiger partial charge in [-0.1, -0.05) is 23.2 Å². The molecule has 1 heterocycles. The molecule has 1 saturated carbocycles. The molecule has 1 aromatic heterocycles. The van der Waals surface area contributed by atoms with Crippen LogP contribution in [0.5, 0.6) is 0 Å². The van der Waals surface area contributed by atoms with Crippen molar-refractivity contribution in [3.8, 4) is 0 Å². The van der Waals surface area contributed by atoms with Crippen LogP contribution < -0.4 is 0 Å². The summed E-state index contributed by atoms with van der Waals surface area (Å²) in [5.41, 5.74) is 2.01. The molecule has 0 bridgehead atoms. The van der Waals surface area contributed by atoms with Gasteiger partial charge in [0.15, 0.2) is 0 Å². The van der Waals surface area contributed by atoms with Gasteiger partial charge in [0.05, 0.1) is 10.7 Å². The lowest BCUT2D eigenvalue weighted by molar-refractivity contribution is 1.08. The smallest absolute Gasteiger partial charge is 0.129 e. The lowest BCUT2D eigenvalue weighted by Gasteiger charge is -2.04. The third kappa shape index (κ3) is 1.44. The molecule has 0 unspecified atom stereocenters. The summed E-state index contributed by atoms with van der Waals surface area (Å²) in [5.74, 6) is 0.636. The SMILES string of the molecule is Cc1nc(Cl)cc(C2CC2)c1Cl. The van der Waals surface area contributed by atoms with Crippen LogP contribution in [0.3, 0.4) is 0 Å². The zero-order valence-electron chi connectivity index (χ0n) is 6.77. The molecule has 1 aromatic rings. The van der Waals surface area contributed by atoms with Crippen molar-refractivity contribution in [1.82, 2.24) is 4.98 Å². The van der Waals surface area contributed by atoms with Crippen LogP contribution in [0.1, 0.15) is 30.0 Å². The lowest BCUT2D eigenvalue weighted by Crippen LogP contribution is -1.90. The van der Waals surface area contributed by atoms with Crippen LogP contribution in [0.15, 0.2) is 6.07 Å². The van der Waals surface area contributed by atoms with Crippen molar-refractivity contribution >= 4 is 23.2 Å². The molecular formula is C9H9Cl2N. The summed E-state index contributed by atoms with van der Waals surface area (Å²) >= 11 is 11.9. The quantitative estimate of drug-likeness (QED) is 0.634. The fourth-order valence-corrected chi connectivity index (χ4v) is 1.83. The van der Waals surface area contributed by atoms with E-state index in [0.717, 1.165) is 10.7 Å². The molecule has 0 spiro atoms. The molecule has 1 aliphatic rings. The van der Waals surface area contributed by atoms with Crippen LogP contribution in [0.4, 0.5) is 0 Å². The van der Waals surface area contributed by atoms with Crippen LogP contribution in [-0.4, -0.2) is 4.98 Å².